The van der Waals surface area contributed by atoms with E-state index in [1.54, 1.807) is 0 Å². The van der Waals surface area contributed by atoms with Crippen LogP contribution in [0.5, 0.6) is 0 Å². The highest BCUT2D eigenvalue weighted by atomic mass is 14.6. The monoisotopic (exact) mass is 455 g/mol. The first-order chi connectivity index (χ1) is 17.8. The van der Waals surface area contributed by atoms with Crippen molar-refractivity contribution in [3.8, 4) is 33.4 Å². The number of hydrogen-bond acceptors (Lipinski definition) is 1. The SMILES string of the molecule is c1ccc2c(c1)-c1ccccc1C21c2ccccc2-c2cc3c(cc21)Cc1cc2ncccc2cc1-3. The summed E-state index contributed by atoms with van der Waals surface area (Å²) in [7, 11) is 0. The molecule has 0 saturated heterocycles. The Kier molecular flexibility index (Phi) is 3.33. The van der Waals surface area contributed by atoms with Crippen molar-refractivity contribution in [2.24, 2.45) is 0 Å². The molecule has 1 heteroatoms. The molecular weight excluding hydrogens is 434 g/mol. The van der Waals surface area contributed by atoms with Crippen LogP contribution in [0.15, 0.2) is 115 Å². The maximum atomic E-state index is 4.62. The van der Waals surface area contributed by atoms with E-state index in [0.29, 0.717) is 0 Å². The van der Waals surface area contributed by atoms with Gasteiger partial charge in [-0.15, -0.1) is 0 Å². The zero-order valence-corrected chi connectivity index (χ0v) is 19.6. The van der Waals surface area contributed by atoms with Crippen molar-refractivity contribution in [2.75, 3.05) is 0 Å². The van der Waals surface area contributed by atoms with Crippen LogP contribution in [-0.2, 0) is 11.8 Å². The average molecular weight is 456 g/mol. The lowest BCUT2D eigenvalue weighted by molar-refractivity contribution is 0.792. The second-order valence-corrected chi connectivity index (χ2v) is 10.3. The van der Waals surface area contributed by atoms with Gasteiger partial charge in [-0.05, 0) is 97.4 Å². The summed E-state index contributed by atoms with van der Waals surface area (Å²) in [6, 6.07) is 41.0. The van der Waals surface area contributed by atoms with Gasteiger partial charge < -0.3 is 0 Å². The van der Waals surface area contributed by atoms with Crippen LogP contribution in [0.3, 0.4) is 0 Å². The van der Waals surface area contributed by atoms with Crippen molar-refractivity contribution in [3.05, 3.63) is 149 Å². The quantitative estimate of drug-likeness (QED) is 0.225. The van der Waals surface area contributed by atoms with Gasteiger partial charge in [-0.2, -0.15) is 0 Å². The second kappa shape index (κ2) is 6.38. The number of pyridine rings is 1. The summed E-state index contributed by atoms with van der Waals surface area (Å²) in [4.78, 5) is 4.62. The highest BCUT2D eigenvalue weighted by Gasteiger charge is 2.51. The van der Waals surface area contributed by atoms with Crippen LogP contribution in [-0.4, -0.2) is 4.98 Å². The molecule has 1 nitrogen and oxygen atoms in total. The predicted molar refractivity (Wildman–Crippen MR) is 146 cm³/mol. The van der Waals surface area contributed by atoms with E-state index in [4.69, 9.17) is 0 Å². The third-order valence-electron chi connectivity index (χ3n) is 8.72. The van der Waals surface area contributed by atoms with Crippen molar-refractivity contribution in [1.29, 1.82) is 0 Å². The number of hydrogen-bond donors (Lipinski definition) is 0. The van der Waals surface area contributed by atoms with Crippen molar-refractivity contribution in [3.63, 3.8) is 0 Å². The molecule has 9 rings (SSSR count). The third kappa shape index (κ3) is 2.08. The first-order valence-corrected chi connectivity index (χ1v) is 12.7. The van der Waals surface area contributed by atoms with Gasteiger partial charge in [0.15, 0.2) is 0 Å². The minimum atomic E-state index is -0.269. The third-order valence-corrected chi connectivity index (χ3v) is 8.72. The van der Waals surface area contributed by atoms with Gasteiger partial charge in [0.25, 0.3) is 0 Å². The van der Waals surface area contributed by atoms with Crippen LogP contribution in [0.2, 0.25) is 0 Å². The van der Waals surface area contributed by atoms with Gasteiger partial charge in [0.05, 0.1) is 10.9 Å². The van der Waals surface area contributed by atoms with Crippen LogP contribution in [0.25, 0.3) is 44.3 Å². The van der Waals surface area contributed by atoms with Crippen molar-refractivity contribution in [2.45, 2.75) is 11.8 Å². The summed E-state index contributed by atoms with van der Waals surface area (Å²) < 4.78 is 0. The fourth-order valence-electron chi connectivity index (χ4n) is 7.35. The van der Waals surface area contributed by atoms with Gasteiger partial charge >= 0.3 is 0 Å². The smallest absolute Gasteiger partial charge is 0.0725 e. The number of benzene rings is 5. The van der Waals surface area contributed by atoms with Crippen molar-refractivity contribution < 1.29 is 0 Å². The Morgan fingerprint density at radius 3 is 1.75 bits per heavy atom. The predicted octanol–water partition coefficient (Wildman–Crippen LogP) is 8.15. The van der Waals surface area contributed by atoms with Crippen LogP contribution in [0.4, 0.5) is 0 Å². The highest BCUT2D eigenvalue weighted by Crippen LogP contribution is 2.63. The molecule has 166 valence electrons. The van der Waals surface area contributed by atoms with Gasteiger partial charge in [0, 0.05) is 11.6 Å². The summed E-state index contributed by atoms with van der Waals surface area (Å²) in [5.41, 5.74) is 17.4. The lowest BCUT2D eigenvalue weighted by Gasteiger charge is -2.30. The van der Waals surface area contributed by atoms with E-state index in [2.05, 4.69) is 108 Å². The molecule has 5 aromatic carbocycles. The number of fused-ring (bicyclic) bond motifs is 14. The Labute approximate surface area is 209 Å². The van der Waals surface area contributed by atoms with E-state index in [0.717, 1.165) is 11.9 Å². The standard InChI is InChI=1S/C35H21N/c1-4-12-30-24(9-1)25-10-2-5-13-31(25)35(30)32-14-6-3-11-26(32)29-20-28-22(18-33(29)35)16-23-19-34-21(17-27(23)28)8-7-15-36-34/h1-15,17-20H,16H2. The Morgan fingerprint density at radius 1 is 0.472 bits per heavy atom. The molecule has 3 aliphatic rings. The lowest BCUT2D eigenvalue weighted by atomic mass is 9.70. The molecule has 0 radical (unpaired) electrons. The fourth-order valence-corrected chi connectivity index (χ4v) is 7.35. The normalized spacial score (nSPS) is 14.8. The number of rotatable bonds is 0. The van der Waals surface area contributed by atoms with Gasteiger partial charge in [-0.25, -0.2) is 0 Å². The van der Waals surface area contributed by atoms with E-state index in [-0.39, 0.29) is 5.41 Å². The van der Waals surface area contributed by atoms with Gasteiger partial charge in [-0.1, -0.05) is 84.9 Å². The van der Waals surface area contributed by atoms with Crippen LogP contribution < -0.4 is 0 Å². The highest BCUT2D eigenvalue weighted by molar-refractivity contribution is 5.98. The van der Waals surface area contributed by atoms with E-state index in [1.807, 2.05) is 12.3 Å². The first kappa shape index (κ1) is 18.8. The largest absolute Gasteiger partial charge is 0.256 e. The first-order valence-electron chi connectivity index (χ1n) is 12.7. The topological polar surface area (TPSA) is 12.9 Å². The molecule has 0 fully saturated rings. The lowest BCUT2D eigenvalue weighted by Crippen LogP contribution is -2.25. The molecule has 1 aromatic heterocycles. The maximum Gasteiger partial charge on any atom is 0.0725 e. The molecule has 0 N–H and O–H groups in total. The minimum absolute atomic E-state index is 0.269. The van der Waals surface area contributed by atoms with E-state index < -0.39 is 0 Å². The molecule has 1 heterocycles. The molecule has 0 aliphatic heterocycles. The second-order valence-electron chi connectivity index (χ2n) is 10.3. The fraction of sp³-hybridized carbons (Fsp3) is 0.0571. The minimum Gasteiger partial charge on any atom is -0.256 e. The maximum absolute atomic E-state index is 4.62. The van der Waals surface area contributed by atoms with Gasteiger partial charge in [0.1, 0.15) is 0 Å². The molecule has 1 spiro atoms. The Morgan fingerprint density at radius 2 is 1.06 bits per heavy atom. The van der Waals surface area contributed by atoms with Gasteiger partial charge in [-0.3, -0.25) is 4.98 Å². The van der Waals surface area contributed by atoms with Crippen LogP contribution in [0, 0.1) is 0 Å². The molecular formula is C35H21N. The Balaban J connectivity index is 1.40. The van der Waals surface area contributed by atoms with Crippen LogP contribution in [0.1, 0.15) is 33.4 Å². The molecule has 0 bridgehead atoms. The van der Waals surface area contributed by atoms with E-state index >= 15 is 0 Å². The summed E-state index contributed by atoms with van der Waals surface area (Å²) >= 11 is 0. The summed E-state index contributed by atoms with van der Waals surface area (Å²) in [6.45, 7) is 0. The molecule has 0 atom stereocenters. The molecule has 0 unspecified atom stereocenters. The van der Waals surface area contributed by atoms with Crippen molar-refractivity contribution in [1.82, 2.24) is 4.98 Å². The molecule has 0 saturated carbocycles. The summed E-state index contributed by atoms with van der Waals surface area (Å²) in [6.07, 6.45) is 2.85. The zero-order chi connectivity index (χ0) is 23.4. The molecule has 3 aliphatic carbocycles. The van der Waals surface area contributed by atoms with Gasteiger partial charge in [0.2, 0.25) is 0 Å². The van der Waals surface area contributed by atoms with Crippen molar-refractivity contribution >= 4 is 10.9 Å². The molecule has 36 heavy (non-hydrogen) atoms. The summed E-state index contributed by atoms with van der Waals surface area (Å²) in [5.74, 6) is 0. The van der Waals surface area contributed by atoms with Crippen LogP contribution >= 0.6 is 0 Å². The average Bonchev–Trinajstić information content (AvgIpc) is 3.54. The number of aromatic nitrogens is 1. The summed E-state index contributed by atoms with van der Waals surface area (Å²) in [5, 5.41) is 1.21. The molecule has 0 amide bonds. The Bertz CT molecular complexity index is 1880. The zero-order valence-electron chi connectivity index (χ0n) is 19.6. The van der Waals surface area contributed by atoms with E-state index in [9.17, 15) is 0 Å². The molecule has 6 aromatic rings. The Hall–Kier alpha value is -4.49. The number of nitrogens with zero attached hydrogens (tertiary/aromatic N) is 1. The van der Waals surface area contributed by atoms with E-state index in [1.165, 1.54) is 72.1 Å².